The molecule has 1 fully saturated rings. The Hall–Kier alpha value is -3.02. The molecular formula is C21H22N2O4. The molecule has 0 aliphatic carbocycles. The zero-order valence-corrected chi connectivity index (χ0v) is 15.2. The molecule has 2 aliphatic rings. The summed E-state index contributed by atoms with van der Waals surface area (Å²) < 4.78 is 10.6. The molecule has 6 heteroatoms. The zero-order valence-electron chi connectivity index (χ0n) is 15.2. The summed E-state index contributed by atoms with van der Waals surface area (Å²) in [4.78, 5) is 26.7. The third kappa shape index (κ3) is 3.60. The third-order valence-electron chi connectivity index (χ3n) is 5.03. The molecule has 4 rings (SSSR count). The molecule has 6 nitrogen and oxygen atoms in total. The van der Waals surface area contributed by atoms with Crippen LogP contribution in [0, 0.1) is 5.92 Å². The molecule has 2 aromatic rings. The van der Waals surface area contributed by atoms with Gasteiger partial charge in [-0.25, -0.2) is 0 Å². The van der Waals surface area contributed by atoms with E-state index in [0.29, 0.717) is 18.8 Å². The van der Waals surface area contributed by atoms with Crippen molar-refractivity contribution >= 4 is 17.5 Å². The summed E-state index contributed by atoms with van der Waals surface area (Å²) in [5.41, 5.74) is 2.98. The van der Waals surface area contributed by atoms with Gasteiger partial charge in [-0.2, -0.15) is 0 Å². The van der Waals surface area contributed by atoms with Gasteiger partial charge >= 0.3 is 0 Å². The molecule has 1 N–H and O–H groups in total. The van der Waals surface area contributed by atoms with Gasteiger partial charge in [-0.15, -0.1) is 0 Å². The van der Waals surface area contributed by atoms with Gasteiger partial charge in [-0.05, 0) is 41.8 Å². The van der Waals surface area contributed by atoms with Gasteiger partial charge in [0.1, 0.15) is 0 Å². The van der Waals surface area contributed by atoms with E-state index in [1.54, 1.807) is 4.90 Å². The molecular weight excluding hydrogens is 344 g/mol. The minimum Gasteiger partial charge on any atom is -0.454 e. The SMILES string of the molecule is CCc1cccc(N2C[C@H](C(=O)NCc3ccc4c(c3)OCO4)CC2=O)c1. The summed E-state index contributed by atoms with van der Waals surface area (Å²) in [6, 6.07) is 13.5. The molecule has 1 saturated heterocycles. The van der Waals surface area contributed by atoms with Crippen molar-refractivity contribution in [1.82, 2.24) is 5.32 Å². The topological polar surface area (TPSA) is 67.9 Å². The van der Waals surface area contributed by atoms with E-state index in [1.165, 1.54) is 5.56 Å². The van der Waals surface area contributed by atoms with Crippen molar-refractivity contribution in [3.8, 4) is 11.5 Å². The first-order valence-electron chi connectivity index (χ1n) is 9.19. The molecule has 1 atom stereocenters. The molecule has 2 amide bonds. The number of rotatable bonds is 5. The summed E-state index contributed by atoms with van der Waals surface area (Å²) in [6.45, 7) is 3.12. The van der Waals surface area contributed by atoms with Crippen LogP contribution in [0.25, 0.3) is 0 Å². The first kappa shape index (κ1) is 17.4. The average molecular weight is 366 g/mol. The van der Waals surface area contributed by atoms with Gasteiger partial charge in [0.25, 0.3) is 0 Å². The fraction of sp³-hybridized carbons (Fsp3) is 0.333. The van der Waals surface area contributed by atoms with E-state index in [1.807, 2.05) is 42.5 Å². The Morgan fingerprint density at radius 1 is 1.15 bits per heavy atom. The molecule has 0 aromatic heterocycles. The second kappa shape index (κ2) is 7.31. The van der Waals surface area contributed by atoms with Crippen LogP contribution in [0.5, 0.6) is 11.5 Å². The van der Waals surface area contributed by atoms with Crippen LogP contribution in [0.3, 0.4) is 0 Å². The van der Waals surface area contributed by atoms with Crippen LogP contribution in [0.1, 0.15) is 24.5 Å². The molecule has 2 aliphatic heterocycles. The Bertz CT molecular complexity index is 880. The van der Waals surface area contributed by atoms with Crippen LogP contribution >= 0.6 is 0 Å². The van der Waals surface area contributed by atoms with Crippen molar-refractivity contribution in [2.75, 3.05) is 18.2 Å². The molecule has 140 valence electrons. The summed E-state index contributed by atoms with van der Waals surface area (Å²) in [5, 5.41) is 2.93. The first-order valence-corrected chi connectivity index (χ1v) is 9.19. The maximum atomic E-state index is 12.6. The lowest BCUT2D eigenvalue weighted by Gasteiger charge is -2.17. The van der Waals surface area contributed by atoms with Gasteiger partial charge in [0.2, 0.25) is 18.6 Å². The number of amides is 2. The summed E-state index contributed by atoms with van der Waals surface area (Å²) in [7, 11) is 0. The van der Waals surface area contributed by atoms with Gasteiger partial charge in [0, 0.05) is 25.2 Å². The van der Waals surface area contributed by atoms with Crippen LogP contribution < -0.4 is 19.7 Å². The Labute approximate surface area is 158 Å². The van der Waals surface area contributed by atoms with E-state index in [9.17, 15) is 9.59 Å². The number of ether oxygens (including phenoxy) is 2. The number of carbonyl (C=O) groups excluding carboxylic acids is 2. The molecule has 0 unspecified atom stereocenters. The Balaban J connectivity index is 1.37. The van der Waals surface area contributed by atoms with Gasteiger partial charge in [0.05, 0.1) is 5.92 Å². The van der Waals surface area contributed by atoms with Crippen molar-refractivity contribution in [2.45, 2.75) is 26.3 Å². The van der Waals surface area contributed by atoms with Gasteiger partial charge in [0.15, 0.2) is 11.5 Å². The Morgan fingerprint density at radius 2 is 2.00 bits per heavy atom. The molecule has 0 radical (unpaired) electrons. The highest BCUT2D eigenvalue weighted by Crippen LogP contribution is 2.32. The van der Waals surface area contributed by atoms with Crippen LogP contribution in [0.15, 0.2) is 42.5 Å². The number of benzene rings is 2. The minimum absolute atomic E-state index is 0.00789. The maximum Gasteiger partial charge on any atom is 0.231 e. The molecule has 27 heavy (non-hydrogen) atoms. The fourth-order valence-corrected chi connectivity index (χ4v) is 3.46. The van der Waals surface area contributed by atoms with Crippen LogP contribution in [-0.4, -0.2) is 25.2 Å². The lowest BCUT2D eigenvalue weighted by molar-refractivity contribution is -0.126. The van der Waals surface area contributed by atoms with Crippen molar-refractivity contribution in [3.63, 3.8) is 0 Å². The Morgan fingerprint density at radius 3 is 2.85 bits per heavy atom. The highest BCUT2D eigenvalue weighted by molar-refractivity contribution is 6.00. The normalized spacial score (nSPS) is 18.0. The number of nitrogens with one attached hydrogen (secondary N) is 1. The van der Waals surface area contributed by atoms with E-state index in [-0.39, 0.29) is 30.9 Å². The molecule has 2 heterocycles. The minimum atomic E-state index is -0.336. The quantitative estimate of drug-likeness (QED) is 0.883. The highest BCUT2D eigenvalue weighted by atomic mass is 16.7. The highest BCUT2D eigenvalue weighted by Gasteiger charge is 2.35. The van der Waals surface area contributed by atoms with Crippen molar-refractivity contribution < 1.29 is 19.1 Å². The standard InChI is InChI=1S/C21H22N2O4/c1-2-14-4-3-5-17(8-14)23-12-16(10-20(23)24)21(25)22-11-15-6-7-18-19(9-15)27-13-26-18/h3-9,16H,2,10-13H2,1H3,(H,22,25)/t16-/m1/s1. The summed E-state index contributed by atoms with van der Waals surface area (Å²) in [5.74, 6) is 0.967. The number of hydrogen-bond donors (Lipinski definition) is 1. The van der Waals surface area contributed by atoms with Crippen molar-refractivity contribution in [1.29, 1.82) is 0 Å². The first-order chi connectivity index (χ1) is 13.1. The van der Waals surface area contributed by atoms with E-state index < -0.39 is 0 Å². The number of fused-ring (bicyclic) bond motifs is 1. The maximum absolute atomic E-state index is 12.6. The van der Waals surface area contributed by atoms with Gasteiger partial charge < -0.3 is 19.7 Å². The number of hydrogen-bond acceptors (Lipinski definition) is 4. The Kier molecular flexibility index (Phi) is 4.71. The predicted octanol–water partition coefficient (Wildman–Crippen LogP) is 2.65. The summed E-state index contributed by atoms with van der Waals surface area (Å²) in [6.07, 6.45) is 1.15. The lowest BCUT2D eigenvalue weighted by Crippen LogP contribution is -2.32. The number of nitrogens with zero attached hydrogens (tertiary/aromatic N) is 1. The average Bonchev–Trinajstić information content (AvgIpc) is 3.32. The largest absolute Gasteiger partial charge is 0.454 e. The number of carbonyl (C=O) groups is 2. The molecule has 0 bridgehead atoms. The van der Waals surface area contributed by atoms with Crippen LogP contribution in [0.2, 0.25) is 0 Å². The van der Waals surface area contributed by atoms with Crippen LogP contribution in [0.4, 0.5) is 5.69 Å². The van der Waals surface area contributed by atoms with E-state index in [4.69, 9.17) is 9.47 Å². The van der Waals surface area contributed by atoms with E-state index in [0.717, 1.165) is 23.4 Å². The van der Waals surface area contributed by atoms with Crippen LogP contribution in [-0.2, 0) is 22.6 Å². The monoisotopic (exact) mass is 366 g/mol. The van der Waals surface area contributed by atoms with Gasteiger partial charge in [-0.1, -0.05) is 25.1 Å². The number of aryl methyl sites for hydroxylation is 1. The third-order valence-corrected chi connectivity index (χ3v) is 5.03. The lowest BCUT2D eigenvalue weighted by atomic mass is 10.1. The number of anilines is 1. The summed E-state index contributed by atoms with van der Waals surface area (Å²) >= 11 is 0. The van der Waals surface area contributed by atoms with Crippen molar-refractivity contribution in [2.24, 2.45) is 5.92 Å². The van der Waals surface area contributed by atoms with Gasteiger partial charge in [-0.3, -0.25) is 9.59 Å². The molecule has 2 aromatic carbocycles. The zero-order chi connectivity index (χ0) is 18.8. The smallest absolute Gasteiger partial charge is 0.231 e. The predicted molar refractivity (Wildman–Crippen MR) is 101 cm³/mol. The van der Waals surface area contributed by atoms with E-state index >= 15 is 0 Å². The fourth-order valence-electron chi connectivity index (χ4n) is 3.46. The second-order valence-electron chi connectivity index (χ2n) is 6.83. The van der Waals surface area contributed by atoms with E-state index in [2.05, 4.69) is 12.2 Å². The van der Waals surface area contributed by atoms with Crippen molar-refractivity contribution in [3.05, 3.63) is 53.6 Å². The molecule has 0 saturated carbocycles. The molecule has 0 spiro atoms. The second-order valence-corrected chi connectivity index (χ2v) is 6.83.